The van der Waals surface area contributed by atoms with Gasteiger partial charge in [-0.1, -0.05) is 27.2 Å². The first-order chi connectivity index (χ1) is 9.81. The molecule has 0 spiro atoms. The van der Waals surface area contributed by atoms with Gasteiger partial charge in [0.2, 0.25) is 0 Å². The molecule has 2 fully saturated rings. The third kappa shape index (κ3) is 3.80. The maximum absolute atomic E-state index is 10.5. The molecule has 0 aromatic rings. The minimum atomic E-state index is -0.159. The molecule has 124 valence electrons. The van der Waals surface area contributed by atoms with Crippen LogP contribution >= 0.6 is 0 Å². The Morgan fingerprint density at radius 2 is 2.05 bits per heavy atom. The molecule has 1 saturated carbocycles. The Bertz CT molecular complexity index is 339. The molecule has 3 nitrogen and oxygen atoms in total. The highest BCUT2D eigenvalue weighted by Crippen LogP contribution is 2.42. The molecule has 1 aliphatic carbocycles. The summed E-state index contributed by atoms with van der Waals surface area (Å²) in [4.78, 5) is 2.51. The molecule has 1 heterocycles. The lowest BCUT2D eigenvalue weighted by Crippen LogP contribution is -2.56. The van der Waals surface area contributed by atoms with Gasteiger partial charge >= 0.3 is 0 Å². The maximum Gasteiger partial charge on any atom is 0.0777 e. The monoisotopic (exact) mass is 297 g/mol. The number of hydrogen-bond acceptors (Lipinski definition) is 3. The SMILES string of the molecule is CCC(C)(C)C1CCC(O)C(N2CCCC(C)(OC)C2)C1. The summed E-state index contributed by atoms with van der Waals surface area (Å²) in [6.45, 7) is 11.4. The standard InChI is InChI=1S/C18H35NO2/c1-6-17(2,3)14-8-9-16(20)15(12-14)19-11-7-10-18(4,13-19)21-5/h14-16,20H,6-13H2,1-5H3. The van der Waals surface area contributed by atoms with Gasteiger partial charge in [0.15, 0.2) is 0 Å². The van der Waals surface area contributed by atoms with Crippen LogP contribution in [0.15, 0.2) is 0 Å². The topological polar surface area (TPSA) is 32.7 Å². The van der Waals surface area contributed by atoms with Crippen molar-refractivity contribution < 1.29 is 9.84 Å². The molecule has 0 radical (unpaired) electrons. The van der Waals surface area contributed by atoms with Crippen LogP contribution in [-0.2, 0) is 4.74 Å². The number of hydrogen-bond donors (Lipinski definition) is 1. The van der Waals surface area contributed by atoms with Crippen molar-refractivity contribution in [1.82, 2.24) is 4.90 Å². The fourth-order valence-corrected chi connectivity index (χ4v) is 4.22. The van der Waals surface area contributed by atoms with E-state index in [1.807, 2.05) is 7.11 Å². The second kappa shape index (κ2) is 6.55. The molecule has 0 bridgehead atoms. The van der Waals surface area contributed by atoms with Crippen LogP contribution in [0.25, 0.3) is 0 Å². The van der Waals surface area contributed by atoms with E-state index in [1.165, 1.54) is 19.3 Å². The Morgan fingerprint density at radius 3 is 2.67 bits per heavy atom. The van der Waals surface area contributed by atoms with Gasteiger partial charge in [-0.2, -0.15) is 0 Å². The molecular formula is C18H35NO2. The van der Waals surface area contributed by atoms with Crippen LogP contribution in [0.3, 0.4) is 0 Å². The molecule has 2 aliphatic rings. The molecule has 0 aromatic heterocycles. The zero-order valence-corrected chi connectivity index (χ0v) is 14.7. The van der Waals surface area contributed by atoms with E-state index in [9.17, 15) is 5.11 Å². The largest absolute Gasteiger partial charge is 0.391 e. The highest BCUT2D eigenvalue weighted by Gasteiger charge is 2.42. The Balaban J connectivity index is 2.06. The van der Waals surface area contributed by atoms with Crippen molar-refractivity contribution in [3.63, 3.8) is 0 Å². The van der Waals surface area contributed by atoms with Crippen LogP contribution in [-0.4, -0.2) is 48.0 Å². The van der Waals surface area contributed by atoms with Gasteiger partial charge in [0.05, 0.1) is 11.7 Å². The highest BCUT2D eigenvalue weighted by molar-refractivity contribution is 4.95. The number of piperidine rings is 1. The minimum absolute atomic E-state index is 0.0365. The zero-order valence-electron chi connectivity index (χ0n) is 14.7. The van der Waals surface area contributed by atoms with Crippen LogP contribution in [0.2, 0.25) is 0 Å². The van der Waals surface area contributed by atoms with Crippen molar-refractivity contribution in [1.29, 1.82) is 0 Å². The van der Waals surface area contributed by atoms with E-state index < -0.39 is 0 Å². The van der Waals surface area contributed by atoms with E-state index in [2.05, 4.69) is 32.6 Å². The summed E-state index contributed by atoms with van der Waals surface area (Å²) < 4.78 is 5.73. The van der Waals surface area contributed by atoms with Crippen LogP contribution in [0.5, 0.6) is 0 Å². The van der Waals surface area contributed by atoms with Gasteiger partial charge in [-0.3, -0.25) is 4.90 Å². The van der Waals surface area contributed by atoms with Crippen LogP contribution in [0, 0.1) is 11.3 Å². The van der Waals surface area contributed by atoms with Crippen molar-refractivity contribution in [2.75, 3.05) is 20.2 Å². The molecule has 0 amide bonds. The molecular weight excluding hydrogens is 262 g/mol. The summed E-state index contributed by atoms with van der Waals surface area (Å²) in [5.74, 6) is 0.728. The lowest BCUT2D eigenvalue weighted by molar-refractivity contribution is -0.0930. The Labute approximate surface area is 131 Å². The van der Waals surface area contributed by atoms with Crippen molar-refractivity contribution in [2.24, 2.45) is 11.3 Å². The van der Waals surface area contributed by atoms with Crippen LogP contribution in [0.4, 0.5) is 0 Å². The summed E-state index contributed by atoms with van der Waals surface area (Å²) in [6.07, 6.45) is 6.64. The third-order valence-corrected chi connectivity index (χ3v) is 6.45. The van der Waals surface area contributed by atoms with E-state index in [4.69, 9.17) is 4.74 Å². The summed E-state index contributed by atoms with van der Waals surface area (Å²) in [5, 5.41) is 10.5. The lowest BCUT2D eigenvalue weighted by atomic mass is 9.67. The number of rotatable bonds is 4. The molecule has 3 heteroatoms. The van der Waals surface area contributed by atoms with Gasteiger partial charge in [0.25, 0.3) is 0 Å². The molecule has 1 N–H and O–H groups in total. The number of aliphatic hydroxyl groups excluding tert-OH is 1. The number of ether oxygens (including phenoxy) is 1. The average molecular weight is 297 g/mol. The molecule has 21 heavy (non-hydrogen) atoms. The predicted octanol–water partition coefficient (Wildman–Crippen LogP) is 3.45. The Kier molecular flexibility index (Phi) is 5.38. The average Bonchev–Trinajstić information content (AvgIpc) is 2.47. The molecule has 1 aliphatic heterocycles. The third-order valence-electron chi connectivity index (χ3n) is 6.45. The van der Waals surface area contributed by atoms with Crippen molar-refractivity contribution in [3.05, 3.63) is 0 Å². The normalized spacial score (nSPS) is 39.4. The summed E-state index contributed by atoms with van der Waals surface area (Å²) >= 11 is 0. The van der Waals surface area contributed by atoms with Crippen LogP contribution in [0.1, 0.15) is 66.2 Å². The van der Waals surface area contributed by atoms with Crippen molar-refractivity contribution in [2.45, 2.75) is 84.0 Å². The van der Waals surface area contributed by atoms with E-state index in [0.29, 0.717) is 11.5 Å². The Morgan fingerprint density at radius 1 is 1.33 bits per heavy atom. The number of methoxy groups -OCH3 is 1. The fourth-order valence-electron chi connectivity index (χ4n) is 4.22. The summed E-state index contributed by atoms with van der Waals surface area (Å²) in [6, 6.07) is 0.323. The molecule has 0 aromatic carbocycles. The van der Waals surface area contributed by atoms with Crippen molar-refractivity contribution in [3.8, 4) is 0 Å². The van der Waals surface area contributed by atoms with Gasteiger partial charge < -0.3 is 9.84 Å². The van der Waals surface area contributed by atoms with Gasteiger partial charge in [0, 0.05) is 19.7 Å². The predicted molar refractivity (Wildman–Crippen MR) is 87.4 cm³/mol. The fraction of sp³-hybridized carbons (Fsp3) is 1.00. The molecule has 4 atom stereocenters. The van der Waals surface area contributed by atoms with Gasteiger partial charge in [-0.05, 0) is 56.9 Å². The second-order valence-corrected chi connectivity index (χ2v) is 8.21. The first-order valence-electron chi connectivity index (χ1n) is 8.78. The first kappa shape index (κ1) is 17.2. The van der Waals surface area contributed by atoms with Crippen molar-refractivity contribution >= 4 is 0 Å². The van der Waals surface area contributed by atoms with E-state index in [1.54, 1.807) is 0 Å². The highest BCUT2D eigenvalue weighted by atomic mass is 16.5. The maximum atomic E-state index is 10.5. The second-order valence-electron chi connectivity index (χ2n) is 8.21. The van der Waals surface area contributed by atoms with Gasteiger partial charge in [-0.15, -0.1) is 0 Å². The van der Waals surface area contributed by atoms with E-state index >= 15 is 0 Å². The lowest BCUT2D eigenvalue weighted by Gasteiger charge is -2.49. The van der Waals surface area contributed by atoms with E-state index in [0.717, 1.165) is 38.3 Å². The zero-order chi connectivity index (χ0) is 15.7. The summed E-state index contributed by atoms with van der Waals surface area (Å²) in [7, 11) is 1.82. The van der Waals surface area contributed by atoms with Crippen LogP contribution < -0.4 is 0 Å². The molecule has 2 rings (SSSR count). The molecule has 4 unspecified atom stereocenters. The smallest absolute Gasteiger partial charge is 0.0777 e. The summed E-state index contributed by atoms with van der Waals surface area (Å²) in [5.41, 5.74) is 0.351. The van der Waals surface area contributed by atoms with Gasteiger partial charge in [0.1, 0.15) is 0 Å². The number of likely N-dealkylation sites (tertiary alicyclic amines) is 1. The first-order valence-corrected chi connectivity index (χ1v) is 8.78. The Hall–Kier alpha value is -0.120. The minimum Gasteiger partial charge on any atom is -0.391 e. The van der Waals surface area contributed by atoms with Gasteiger partial charge in [-0.25, -0.2) is 0 Å². The van der Waals surface area contributed by atoms with E-state index in [-0.39, 0.29) is 11.7 Å². The quantitative estimate of drug-likeness (QED) is 0.862. The number of aliphatic hydroxyl groups is 1. The molecule has 1 saturated heterocycles. The number of nitrogens with zero attached hydrogens (tertiary/aromatic N) is 1.